The van der Waals surface area contributed by atoms with E-state index in [-0.39, 0.29) is 5.91 Å². The highest BCUT2D eigenvalue weighted by Gasteiger charge is 2.48. The summed E-state index contributed by atoms with van der Waals surface area (Å²) < 4.78 is 4.70. The molecule has 1 atom stereocenters. The summed E-state index contributed by atoms with van der Waals surface area (Å²) in [6, 6.07) is 7.02. The molecule has 1 N–H and O–H groups in total. The lowest BCUT2D eigenvalue weighted by atomic mass is 9.87. The summed E-state index contributed by atoms with van der Waals surface area (Å²) >= 11 is 1.67. The van der Waals surface area contributed by atoms with Crippen LogP contribution in [0, 0.1) is 0 Å². The zero-order chi connectivity index (χ0) is 20.0. The Hall–Kier alpha value is -1.73. The molecule has 0 spiro atoms. The molecule has 1 aromatic rings. The van der Waals surface area contributed by atoms with Crippen molar-refractivity contribution in [2.45, 2.75) is 43.2 Å². The first-order chi connectivity index (χ1) is 12.8. The number of rotatable bonds is 8. The molecule has 6 nitrogen and oxygen atoms in total. The lowest BCUT2D eigenvalue weighted by Crippen LogP contribution is -2.60. The van der Waals surface area contributed by atoms with Crippen molar-refractivity contribution in [2.24, 2.45) is 0 Å². The number of ether oxygens (including phenoxy) is 1. The third kappa shape index (κ3) is 5.17. The summed E-state index contributed by atoms with van der Waals surface area (Å²) in [6.07, 6.45) is 1.48. The lowest BCUT2D eigenvalue weighted by molar-refractivity contribution is -0.151. The highest BCUT2D eigenvalue weighted by atomic mass is 32.2. The Morgan fingerprint density at radius 1 is 1.30 bits per heavy atom. The number of hydrogen-bond donors (Lipinski definition) is 1. The first kappa shape index (κ1) is 21.6. The zero-order valence-corrected chi connectivity index (χ0v) is 17.4. The fraction of sp³-hybridized carbons (Fsp3) is 0.600. The minimum atomic E-state index is -0.918. The van der Waals surface area contributed by atoms with E-state index in [0.29, 0.717) is 12.3 Å². The fourth-order valence-corrected chi connectivity index (χ4v) is 5.18. The van der Waals surface area contributed by atoms with Gasteiger partial charge in [-0.1, -0.05) is 12.1 Å². The highest BCUT2D eigenvalue weighted by molar-refractivity contribution is 8.00. The van der Waals surface area contributed by atoms with Crippen molar-refractivity contribution in [3.8, 4) is 5.75 Å². The van der Waals surface area contributed by atoms with Crippen LogP contribution in [0.2, 0.25) is 0 Å². The van der Waals surface area contributed by atoms with Crippen LogP contribution in [0.4, 0.5) is 0 Å². The van der Waals surface area contributed by atoms with Gasteiger partial charge >= 0.3 is 5.97 Å². The minimum Gasteiger partial charge on any atom is -0.497 e. The molecule has 1 aliphatic rings. The number of aliphatic carboxylic acids is 1. The molecule has 0 saturated carbocycles. The van der Waals surface area contributed by atoms with E-state index in [1.807, 2.05) is 31.2 Å². The Morgan fingerprint density at radius 2 is 1.89 bits per heavy atom. The molecular formula is C20H30N2O4S. The number of carbonyl (C=O) groups excluding carboxylic acids is 1. The molecule has 0 radical (unpaired) electrons. The van der Waals surface area contributed by atoms with Crippen LogP contribution in [0.15, 0.2) is 24.3 Å². The van der Waals surface area contributed by atoms with E-state index < -0.39 is 16.8 Å². The molecule has 1 aromatic carbocycles. The largest absolute Gasteiger partial charge is 0.497 e. The van der Waals surface area contributed by atoms with Crippen molar-refractivity contribution in [1.29, 1.82) is 0 Å². The van der Waals surface area contributed by atoms with E-state index in [1.165, 1.54) is 11.8 Å². The summed E-state index contributed by atoms with van der Waals surface area (Å²) in [5.41, 5.74) is 1.12. The van der Waals surface area contributed by atoms with Gasteiger partial charge in [-0.25, -0.2) is 4.79 Å². The average molecular weight is 395 g/mol. The molecule has 1 aliphatic heterocycles. The predicted octanol–water partition coefficient (Wildman–Crippen LogP) is 2.71. The van der Waals surface area contributed by atoms with Crippen LogP contribution >= 0.6 is 11.8 Å². The van der Waals surface area contributed by atoms with Gasteiger partial charge in [-0.15, -0.1) is 11.8 Å². The molecule has 150 valence electrons. The minimum absolute atomic E-state index is 0.187. The van der Waals surface area contributed by atoms with Crippen molar-refractivity contribution >= 4 is 23.6 Å². The lowest BCUT2D eigenvalue weighted by Gasteiger charge is -2.47. The Labute approximate surface area is 165 Å². The molecule has 2 rings (SSSR count). The number of carboxylic acids is 1. The number of likely N-dealkylation sites (tertiary alicyclic amines) is 1. The number of piperidine rings is 1. The number of likely N-dealkylation sites (N-methyl/N-ethyl adjacent to an activating group) is 1. The van der Waals surface area contributed by atoms with Gasteiger partial charge < -0.3 is 19.6 Å². The summed E-state index contributed by atoms with van der Waals surface area (Å²) in [4.78, 5) is 28.1. The van der Waals surface area contributed by atoms with Crippen molar-refractivity contribution < 1.29 is 19.4 Å². The zero-order valence-electron chi connectivity index (χ0n) is 16.6. The van der Waals surface area contributed by atoms with Crippen LogP contribution < -0.4 is 4.74 Å². The summed E-state index contributed by atoms with van der Waals surface area (Å²) in [5, 5.41) is 10.0. The van der Waals surface area contributed by atoms with Gasteiger partial charge in [0.1, 0.15) is 11.8 Å². The van der Waals surface area contributed by atoms with Gasteiger partial charge in [-0.2, -0.15) is 0 Å². The first-order valence-corrected chi connectivity index (χ1v) is 10.3. The topological polar surface area (TPSA) is 70.1 Å². The second-order valence-electron chi connectivity index (χ2n) is 7.05. The van der Waals surface area contributed by atoms with E-state index in [2.05, 4.69) is 11.9 Å². The van der Waals surface area contributed by atoms with Gasteiger partial charge in [-0.05, 0) is 57.6 Å². The van der Waals surface area contributed by atoms with Crippen LogP contribution in [0.5, 0.6) is 5.75 Å². The number of benzene rings is 1. The average Bonchev–Trinajstić information content (AvgIpc) is 2.66. The van der Waals surface area contributed by atoms with Gasteiger partial charge in [0.05, 0.1) is 7.11 Å². The maximum absolute atomic E-state index is 12.2. The second kappa shape index (κ2) is 9.46. The van der Waals surface area contributed by atoms with Crippen molar-refractivity contribution in [3.05, 3.63) is 29.8 Å². The Morgan fingerprint density at radius 3 is 2.33 bits per heavy atom. The molecule has 0 bridgehead atoms. The molecular weight excluding hydrogens is 364 g/mol. The maximum Gasteiger partial charge on any atom is 0.327 e. The molecule has 1 fully saturated rings. The number of methoxy groups -OCH3 is 1. The van der Waals surface area contributed by atoms with Crippen molar-refractivity contribution in [2.75, 3.05) is 33.8 Å². The number of amides is 1. The van der Waals surface area contributed by atoms with Crippen molar-refractivity contribution in [1.82, 2.24) is 9.80 Å². The van der Waals surface area contributed by atoms with Crippen LogP contribution in [0.25, 0.3) is 0 Å². The Balaban J connectivity index is 2.29. The first-order valence-electron chi connectivity index (χ1n) is 9.28. The highest BCUT2D eigenvalue weighted by Crippen LogP contribution is 2.43. The van der Waals surface area contributed by atoms with E-state index >= 15 is 0 Å². The predicted molar refractivity (Wildman–Crippen MR) is 108 cm³/mol. The van der Waals surface area contributed by atoms with E-state index in [4.69, 9.17) is 4.74 Å². The monoisotopic (exact) mass is 394 g/mol. The number of thioether (sulfide) groups is 1. The quantitative estimate of drug-likeness (QED) is 0.731. The van der Waals surface area contributed by atoms with E-state index in [9.17, 15) is 14.7 Å². The second-order valence-corrected chi connectivity index (χ2v) is 8.44. The van der Waals surface area contributed by atoms with Crippen LogP contribution in [-0.4, -0.2) is 71.4 Å². The fourth-order valence-electron chi connectivity index (χ4n) is 3.67. The summed E-state index contributed by atoms with van der Waals surface area (Å²) in [6.45, 7) is 5.35. The van der Waals surface area contributed by atoms with Gasteiger partial charge in [0, 0.05) is 24.0 Å². The number of hydrogen-bond acceptors (Lipinski definition) is 5. The van der Waals surface area contributed by atoms with Crippen LogP contribution in [0.1, 0.15) is 32.3 Å². The van der Waals surface area contributed by atoms with Gasteiger partial charge in [0.15, 0.2) is 0 Å². The third-order valence-corrected chi connectivity index (χ3v) is 6.99. The van der Waals surface area contributed by atoms with Crippen LogP contribution in [0.3, 0.4) is 0 Å². The molecule has 27 heavy (non-hydrogen) atoms. The maximum atomic E-state index is 12.2. The van der Waals surface area contributed by atoms with Crippen molar-refractivity contribution in [3.63, 3.8) is 0 Å². The molecule has 7 heteroatoms. The summed E-state index contributed by atoms with van der Waals surface area (Å²) in [5.74, 6) is 0.398. The van der Waals surface area contributed by atoms with Gasteiger partial charge in [0.25, 0.3) is 0 Å². The third-order valence-electron chi connectivity index (χ3n) is 5.31. The molecule has 1 saturated heterocycles. The van der Waals surface area contributed by atoms with Gasteiger partial charge in [0.2, 0.25) is 5.91 Å². The van der Waals surface area contributed by atoms with Crippen LogP contribution in [-0.2, 0) is 15.3 Å². The molecule has 1 unspecified atom stereocenters. The molecule has 0 aliphatic carbocycles. The molecule has 1 heterocycles. The summed E-state index contributed by atoms with van der Waals surface area (Å²) in [7, 11) is 3.69. The molecule has 0 aromatic heterocycles. The van der Waals surface area contributed by atoms with Gasteiger partial charge in [-0.3, -0.25) is 4.79 Å². The number of carbonyl (C=O) groups is 2. The Kier molecular flexibility index (Phi) is 7.56. The molecule has 1 amide bonds. The van der Waals surface area contributed by atoms with E-state index in [0.717, 1.165) is 37.2 Å². The normalized spacial score (nSPS) is 17.9. The number of carboxylic acid groups (broad SMARTS) is 1. The Bertz CT molecular complexity index is 642. The SMILES string of the molecule is CCN(C(C)=O)C(C(=O)O)C1(SCc2ccc(OC)cc2)CCN(C)CC1. The van der Waals surface area contributed by atoms with E-state index in [1.54, 1.807) is 18.9 Å². The smallest absolute Gasteiger partial charge is 0.327 e. The standard InChI is InChI=1S/C20H30N2O4S/c1-5-22(15(2)23)18(19(24)25)20(10-12-21(3)13-11-20)27-14-16-6-8-17(26-4)9-7-16/h6-9,18H,5,10-14H2,1-4H3,(H,24,25). The number of nitrogens with zero attached hydrogens (tertiary/aromatic N) is 2.